The van der Waals surface area contributed by atoms with Crippen LogP contribution in [0.3, 0.4) is 0 Å². The number of aromatic hydroxyl groups is 1. The molecule has 2 unspecified atom stereocenters. The molecule has 0 aliphatic carbocycles. The first kappa shape index (κ1) is 17.0. The summed E-state index contributed by atoms with van der Waals surface area (Å²) >= 11 is 0. The van der Waals surface area contributed by atoms with Gasteiger partial charge in [0.25, 0.3) is 0 Å². The topological polar surface area (TPSA) is 63.9 Å². The first-order valence-electron chi connectivity index (χ1n) is 7.78. The maximum absolute atomic E-state index is 11.8. The Morgan fingerprint density at radius 1 is 1.36 bits per heavy atom. The van der Waals surface area contributed by atoms with Crippen molar-refractivity contribution in [2.45, 2.75) is 45.6 Å². The van der Waals surface area contributed by atoms with Gasteiger partial charge in [0.15, 0.2) is 5.75 Å². The van der Waals surface area contributed by atoms with Crippen LogP contribution in [-0.4, -0.2) is 53.6 Å². The second kappa shape index (κ2) is 7.76. The third-order valence-corrected chi connectivity index (χ3v) is 3.83. The molecular weight excluding hydrogens is 284 g/mol. The van der Waals surface area contributed by atoms with E-state index in [4.69, 9.17) is 9.47 Å². The van der Waals surface area contributed by atoms with Crippen LogP contribution in [0, 0.1) is 0 Å². The Kier molecular flexibility index (Phi) is 5.99. The predicted octanol–water partition coefficient (Wildman–Crippen LogP) is 1.20. The van der Waals surface area contributed by atoms with Gasteiger partial charge in [-0.3, -0.25) is 9.69 Å². The number of rotatable bonds is 6. The van der Waals surface area contributed by atoms with Gasteiger partial charge in [0.05, 0.1) is 18.4 Å². The second-order valence-corrected chi connectivity index (χ2v) is 6.01. The van der Waals surface area contributed by atoms with E-state index >= 15 is 0 Å². The lowest BCUT2D eigenvalue weighted by molar-refractivity contribution is -0.0710. The molecule has 124 valence electrons. The maximum atomic E-state index is 11.8. The van der Waals surface area contributed by atoms with Crippen LogP contribution in [0.2, 0.25) is 0 Å². The molecule has 2 rings (SSSR count). The lowest BCUT2D eigenvalue weighted by atomic mass is 10.2. The summed E-state index contributed by atoms with van der Waals surface area (Å²) in [4.78, 5) is 14.1. The van der Waals surface area contributed by atoms with Crippen molar-refractivity contribution >= 4 is 0 Å². The van der Waals surface area contributed by atoms with Crippen LogP contribution in [0.15, 0.2) is 17.1 Å². The van der Waals surface area contributed by atoms with Crippen molar-refractivity contribution in [2.75, 3.05) is 26.8 Å². The summed E-state index contributed by atoms with van der Waals surface area (Å²) in [5.41, 5.74) is 0.590. The van der Waals surface area contributed by atoms with Crippen LogP contribution in [-0.2, 0) is 22.6 Å². The molecule has 22 heavy (non-hydrogen) atoms. The quantitative estimate of drug-likeness (QED) is 0.800. The lowest BCUT2D eigenvalue weighted by Crippen LogP contribution is -2.45. The van der Waals surface area contributed by atoms with E-state index in [0.29, 0.717) is 19.7 Å². The van der Waals surface area contributed by atoms with Gasteiger partial charge < -0.3 is 19.1 Å². The summed E-state index contributed by atoms with van der Waals surface area (Å²) in [6.07, 6.45) is 2.74. The Morgan fingerprint density at radius 2 is 2.05 bits per heavy atom. The zero-order valence-electron chi connectivity index (χ0n) is 13.6. The summed E-state index contributed by atoms with van der Waals surface area (Å²) in [5, 5.41) is 9.67. The second-order valence-electron chi connectivity index (χ2n) is 6.01. The third kappa shape index (κ3) is 4.56. The van der Waals surface area contributed by atoms with Gasteiger partial charge in [0, 0.05) is 51.7 Å². The monoisotopic (exact) mass is 310 g/mol. The molecular formula is C16H26N2O4. The molecule has 6 nitrogen and oxygen atoms in total. The zero-order valence-corrected chi connectivity index (χ0v) is 13.6. The van der Waals surface area contributed by atoms with Gasteiger partial charge in [-0.1, -0.05) is 0 Å². The number of nitrogens with zero attached hydrogens (tertiary/aromatic N) is 2. The van der Waals surface area contributed by atoms with Gasteiger partial charge in [0.2, 0.25) is 5.43 Å². The van der Waals surface area contributed by atoms with Gasteiger partial charge in [-0.25, -0.2) is 0 Å². The molecule has 1 N–H and O–H groups in total. The minimum absolute atomic E-state index is 0.189. The zero-order chi connectivity index (χ0) is 16.1. The summed E-state index contributed by atoms with van der Waals surface area (Å²) in [6, 6.07) is 1.53. The standard InChI is InChI=1S/C16H26N2O4/c1-12-8-17(9-13(2)22-12)10-14-7-15(19)16(20)11-18(14)5-4-6-21-3/h7,11-13,20H,4-6,8-10H2,1-3H3. The molecule has 6 heteroatoms. The number of aryl methyl sites for hydroxylation is 1. The largest absolute Gasteiger partial charge is 0.503 e. The van der Waals surface area contributed by atoms with Gasteiger partial charge >= 0.3 is 0 Å². The highest BCUT2D eigenvalue weighted by molar-refractivity contribution is 5.20. The van der Waals surface area contributed by atoms with Crippen molar-refractivity contribution in [3.05, 3.63) is 28.2 Å². The Bertz CT molecular complexity index is 533. The molecule has 0 spiro atoms. The smallest absolute Gasteiger partial charge is 0.223 e. The molecule has 2 atom stereocenters. The van der Waals surface area contributed by atoms with Crippen LogP contribution in [0.5, 0.6) is 5.75 Å². The Morgan fingerprint density at radius 3 is 2.68 bits per heavy atom. The minimum Gasteiger partial charge on any atom is -0.503 e. The fourth-order valence-corrected chi connectivity index (χ4v) is 2.97. The van der Waals surface area contributed by atoms with E-state index in [1.165, 1.54) is 12.3 Å². The first-order valence-corrected chi connectivity index (χ1v) is 7.78. The van der Waals surface area contributed by atoms with Crippen LogP contribution < -0.4 is 5.43 Å². The Labute approximate surface area is 131 Å². The molecule has 1 fully saturated rings. The maximum Gasteiger partial charge on any atom is 0.223 e. The van der Waals surface area contributed by atoms with E-state index in [1.807, 2.05) is 4.57 Å². The highest BCUT2D eigenvalue weighted by Crippen LogP contribution is 2.15. The van der Waals surface area contributed by atoms with Gasteiger partial charge in [-0.05, 0) is 20.3 Å². The number of hydrogen-bond donors (Lipinski definition) is 1. The molecule has 1 aromatic rings. The van der Waals surface area contributed by atoms with Crippen molar-refractivity contribution in [1.29, 1.82) is 0 Å². The van der Waals surface area contributed by atoms with Crippen LogP contribution >= 0.6 is 0 Å². The average molecular weight is 310 g/mol. The third-order valence-electron chi connectivity index (χ3n) is 3.83. The van der Waals surface area contributed by atoms with E-state index in [0.717, 1.165) is 25.2 Å². The van der Waals surface area contributed by atoms with Crippen molar-refractivity contribution in [3.8, 4) is 5.75 Å². The van der Waals surface area contributed by atoms with Crippen molar-refractivity contribution in [1.82, 2.24) is 9.47 Å². The molecule has 0 saturated carbocycles. The van der Waals surface area contributed by atoms with Crippen LogP contribution in [0.25, 0.3) is 0 Å². The summed E-state index contributed by atoms with van der Waals surface area (Å²) in [6.45, 7) is 7.86. The molecule has 0 bridgehead atoms. The number of methoxy groups -OCH3 is 1. The molecule has 1 aliphatic rings. The molecule has 1 saturated heterocycles. The molecule has 0 radical (unpaired) electrons. The highest BCUT2D eigenvalue weighted by Gasteiger charge is 2.23. The van der Waals surface area contributed by atoms with E-state index in [2.05, 4.69) is 18.7 Å². The molecule has 0 amide bonds. The predicted molar refractivity (Wildman–Crippen MR) is 84.1 cm³/mol. The van der Waals surface area contributed by atoms with Gasteiger partial charge in [0.1, 0.15) is 0 Å². The number of aromatic nitrogens is 1. The molecule has 1 aromatic heterocycles. The first-order chi connectivity index (χ1) is 10.5. The fourth-order valence-electron chi connectivity index (χ4n) is 2.97. The van der Waals surface area contributed by atoms with Crippen molar-refractivity contribution in [3.63, 3.8) is 0 Å². The Balaban J connectivity index is 2.13. The highest BCUT2D eigenvalue weighted by atomic mass is 16.5. The minimum atomic E-state index is -0.327. The molecule has 0 aromatic carbocycles. The van der Waals surface area contributed by atoms with E-state index in [1.54, 1.807) is 7.11 Å². The van der Waals surface area contributed by atoms with Crippen molar-refractivity contribution < 1.29 is 14.6 Å². The van der Waals surface area contributed by atoms with E-state index < -0.39 is 0 Å². The lowest BCUT2D eigenvalue weighted by Gasteiger charge is -2.35. The van der Waals surface area contributed by atoms with Crippen molar-refractivity contribution in [2.24, 2.45) is 0 Å². The SMILES string of the molecule is COCCCn1cc(O)c(=O)cc1CN1CC(C)OC(C)C1. The summed E-state index contributed by atoms with van der Waals surface area (Å²) in [5.74, 6) is -0.204. The molecule has 1 aliphatic heterocycles. The number of morpholine rings is 1. The van der Waals surface area contributed by atoms with E-state index in [9.17, 15) is 9.90 Å². The Hall–Kier alpha value is -1.37. The number of hydrogen-bond acceptors (Lipinski definition) is 5. The number of ether oxygens (including phenoxy) is 2. The number of pyridine rings is 1. The van der Waals surface area contributed by atoms with Gasteiger partial charge in [-0.15, -0.1) is 0 Å². The summed E-state index contributed by atoms with van der Waals surface area (Å²) < 4.78 is 12.8. The average Bonchev–Trinajstić information content (AvgIpc) is 2.43. The van der Waals surface area contributed by atoms with Crippen LogP contribution in [0.4, 0.5) is 0 Å². The normalized spacial score (nSPS) is 22.9. The van der Waals surface area contributed by atoms with Gasteiger partial charge in [-0.2, -0.15) is 0 Å². The van der Waals surface area contributed by atoms with Crippen LogP contribution in [0.1, 0.15) is 26.0 Å². The fraction of sp³-hybridized carbons (Fsp3) is 0.688. The summed E-state index contributed by atoms with van der Waals surface area (Å²) in [7, 11) is 1.67. The molecule has 2 heterocycles. The van der Waals surface area contributed by atoms with E-state index in [-0.39, 0.29) is 23.4 Å².